The molecule has 0 bridgehead atoms. The van der Waals surface area contributed by atoms with Gasteiger partial charge in [0, 0.05) is 5.02 Å². The van der Waals surface area contributed by atoms with Crippen molar-refractivity contribution in [1.29, 1.82) is 0 Å². The van der Waals surface area contributed by atoms with Crippen molar-refractivity contribution in [2.45, 2.75) is 24.7 Å². The molecule has 0 radical (unpaired) electrons. The van der Waals surface area contributed by atoms with Crippen LogP contribution in [0.15, 0.2) is 53.4 Å². The van der Waals surface area contributed by atoms with Gasteiger partial charge in [-0.1, -0.05) is 37.6 Å². The molecule has 0 heterocycles. The molecule has 7 heteroatoms. The predicted molar refractivity (Wildman–Crippen MR) is 94.2 cm³/mol. The van der Waals surface area contributed by atoms with E-state index in [9.17, 15) is 13.2 Å². The number of rotatable bonds is 6. The van der Waals surface area contributed by atoms with Crippen LogP contribution in [0.2, 0.25) is 5.02 Å². The van der Waals surface area contributed by atoms with Crippen LogP contribution in [0.1, 0.15) is 25.3 Å². The number of nitrogens with zero attached hydrogens (tertiary/aromatic N) is 1. The molecular weight excluding hydrogens is 350 g/mol. The van der Waals surface area contributed by atoms with E-state index in [1.54, 1.807) is 24.3 Å². The number of carbonyl (C=O) groups is 1. The second-order valence-corrected chi connectivity index (χ2v) is 7.90. The molecule has 1 N–H and O–H groups in total. The van der Waals surface area contributed by atoms with Crippen LogP contribution >= 0.6 is 11.6 Å². The fraction of sp³-hybridized carbons (Fsp3) is 0.235. The van der Waals surface area contributed by atoms with E-state index < -0.39 is 22.5 Å². The van der Waals surface area contributed by atoms with E-state index in [-0.39, 0.29) is 4.90 Å². The van der Waals surface area contributed by atoms with E-state index in [0.29, 0.717) is 16.6 Å². The van der Waals surface area contributed by atoms with E-state index in [0.717, 1.165) is 9.87 Å². The molecule has 0 aliphatic rings. The first-order valence-corrected chi connectivity index (χ1v) is 9.13. The maximum Gasteiger partial charge on any atom is 0.324 e. The zero-order valence-electron chi connectivity index (χ0n) is 13.3. The maximum absolute atomic E-state index is 12.8. The first kappa shape index (κ1) is 18.3. The SMILES string of the molecule is CC(C)c1ccc(N(CC(=O)O)S(=O)(=O)c2ccc(Cl)cc2)cc1. The number of hydrogen-bond donors (Lipinski definition) is 1. The normalized spacial score (nSPS) is 11.5. The first-order chi connectivity index (χ1) is 11.2. The number of aliphatic carboxylic acids is 1. The van der Waals surface area contributed by atoms with E-state index in [1.807, 2.05) is 13.8 Å². The standard InChI is InChI=1S/C17H18ClNO4S/c1-12(2)13-3-7-15(8-4-13)19(11-17(20)21)24(22,23)16-9-5-14(18)6-10-16/h3-10,12H,11H2,1-2H3,(H,20,21). The summed E-state index contributed by atoms with van der Waals surface area (Å²) in [6.07, 6.45) is 0. The molecule has 0 amide bonds. The molecular formula is C17H18ClNO4S. The van der Waals surface area contributed by atoms with Crippen LogP contribution in [0.25, 0.3) is 0 Å². The molecule has 0 atom stereocenters. The quantitative estimate of drug-likeness (QED) is 0.843. The van der Waals surface area contributed by atoms with Crippen molar-refractivity contribution in [2.24, 2.45) is 0 Å². The second kappa shape index (κ2) is 7.23. The van der Waals surface area contributed by atoms with Crippen molar-refractivity contribution in [1.82, 2.24) is 0 Å². The largest absolute Gasteiger partial charge is 0.480 e. The van der Waals surface area contributed by atoms with Gasteiger partial charge in [0.1, 0.15) is 6.54 Å². The van der Waals surface area contributed by atoms with Crippen molar-refractivity contribution < 1.29 is 18.3 Å². The lowest BCUT2D eigenvalue weighted by Crippen LogP contribution is -2.35. The third-order valence-corrected chi connectivity index (χ3v) is 5.57. The van der Waals surface area contributed by atoms with Gasteiger partial charge in [-0.2, -0.15) is 0 Å². The molecule has 0 aliphatic carbocycles. The van der Waals surface area contributed by atoms with Crippen LogP contribution in [-0.4, -0.2) is 26.0 Å². The fourth-order valence-electron chi connectivity index (χ4n) is 2.20. The van der Waals surface area contributed by atoms with Crippen molar-refractivity contribution in [3.8, 4) is 0 Å². The number of sulfonamides is 1. The van der Waals surface area contributed by atoms with E-state index >= 15 is 0 Å². The summed E-state index contributed by atoms with van der Waals surface area (Å²) in [5, 5.41) is 9.52. The number of carboxylic acid groups (broad SMARTS) is 1. The Balaban J connectivity index is 2.47. The average Bonchev–Trinajstić information content (AvgIpc) is 2.53. The van der Waals surface area contributed by atoms with Crippen LogP contribution in [0.4, 0.5) is 5.69 Å². The lowest BCUT2D eigenvalue weighted by molar-refractivity contribution is -0.135. The van der Waals surface area contributed by atoms with Gasteiger partial charge in [0.05, 0.1) is 10.6 Å². The highest BCUT2D eigenvalue weighted by atomic mass is 35.5. The zero-order chi connectivity index (χ0) is 17.9. The summed E-state index contributed by atoms with van der Waals surface area (Å²) in [5.74, 6) is -0.944. The smallest absolute Gasteiger partial charge is 0.324 e. The highest BCUT2D eigenvalue weighted by Crippen LogP contribution is 2.26. The van der Waals surface area contributed by atoms with Gasteiger partial charge < -0.3 is 5.11 Å². The predicted octanol–water partition coefficient (Wildman–Crippen LogP) is 3.74. The Morgan fingerprint density at radius 2 is 1.62 bits per heavy atom. The van der Waals surface area contributed by atoms with Gasteiger partial charge in [0.15, 0.2) is 0 Å². The van der Waals surface area contributed by atoms with Crippen LogP contribution in [0.3, 0.4) is 0 Å². The third kappa shape index (κ3) is 4.07. The summed E-state index contributed by atoms with van der Waals surface area (Å²) in [7, 11) is -4.01. The van der Waals surface area contributed by atoms with Crippen LogP contribution < -0.4 is 4.31 Å². The summed E-state index contributed by atoms with van der Waals surface area (Å²) >= 11 is 5.79. The van der Waals surface area contributed by atoms with E-state index in [4.69, 9.17) is 16.7 Å². The summed E-state index contributed by atoms with van der Waals surface area (Å²) in [6.45, 7) is 3.38. The molecule has 0 saturated carbocycles. The van der Waals surface area contributed by atoms with Crippen molar-refractivity contribution >= 4 is 33.3 Å². The van der Waals surface area contributed by atoms with Gasteiger partial charge in [-0.15, -0.1) is 0 Å². The number of halogens is 1. The van der Waals surface area contributed by atoms with Gasteiger partial charge in [0.2, 0.25) is 0 Å². The van der Waals surface area contributed by atoms with Crippen molar-refractivity contribution in [3.63, 3.8) is 0 Å². The molecule has 128 valence electrons. The van der Waals surface area contributed by atoms with Crippen LogP contribution in [0, 0.1) is 0 Å². The minimum absolute atomic E-state index is 0.0129. The van der Waals surface area contributed by atoms with Crippen LogP contribution in [-0.2, 0) is 14.8 Å². The summed E-state index contributed by atoms with van der Waals surface area (Å²) in [5.41, 5.74) is 1.34. The van der Waals surface area contributed by atoms with Gasteiger partial charge >= 0.3 is 5.97 Å². The zero-order valence-corrected chi connectivity index (χ0v) is 14.9. The highest BCUT2D eigenvalue weighted by molar-refractivity contribution is 7.92. The van der Waals surface area contributed by atoms with Crippen LogP contribution in [0.5, 0.6) is 0 Å². The molecule has 24 heavy (non-hydrogen) atoms. The minimum atomic E-state index is -4.01. The van der Waals surface area contributed by atoms with Crippen molar-refractivity contribution in [3.05, 3.63) is 59.1 Å². The Morgan fingerprint density at radius 3 is 2.08 bits per heavy atom. The summed E-state index contributed by atoms with van der Waals surface area (Å²) in [6, 6.07) is 12.4. The Kier molecular flexibility index (Phi) is 5.51. The average molecular weight is 368 g/mol. The Labute approximate surface area is 146 Å². The van der Waals surface area contributed by atoms with Gasteiger partial charge in [-0.3, -0.25) is 9.10 Å². The molecule has 0 aromatic heterocycles. The molecule has 0 unspecified atom stereocenters. The first-order valence-electron chi connectivity index (χ1n) is 7.32. The summed E-state index contributed by atoms with van der Waals surface area (Å²) < 4.78 is 26.5. The molecule has 0 aliphatic heterocycles. The molecule has 0 saturated heterocycles. The van der Waals surface area contributed by atoms with Crippen molar-refractivity contribution in [2.75, 3.05) is 10.8 Å². The molecule has 2 aromatic carbocycles. The molecule has 0 fully saturated rings. The van der Waals surface area contributed by atoms with E-state index in [1.165, 1.54) is 24.3 Å². The van der Waals surface area contributed by atoms with E-state index in [2.05, 4.69) is 0 Å². The monoisotopic (exact) mass is 367 g/mol. The second-order valence-electron chi connectivity index (χ2n) is 5.61. The number of hydrogen-bond acceptors (Lipinski definition) is 3. The van der Waals surface area contributed by atoms with Gasteiger partial charge in [0.25, 0.3) is 10.0 Å². The fourth-order valence-corrected chi connectivity index (χ4v) is 3.74. The van der Waals surface area contributed by atoms with Gasteiger partial charge in [-0.25, -0.2) is 8.42 Å². The molecule has 5 nitrogen and oxygen atoms in total. The number of anilines is 1. The third-order valence-electron chi connectivity index (χ3n) is 3.53. The molecule has 0 spiro atoms. The lowest BCUT2D eigenvalue weighted by atomic mass is 10.0. The Morgan fingerprint density at radius 1 is 1.08 bits per heavy atom. The van der Waals surface area contributed by atoms with Gasteiger partial charge in [-0.05, 0) is 47.9 Å². The molecule has 2 rings (SSSR count). The lowest BCUT2D eigenvalue weighted by Gasteiger charge is -2.23. The highest BCUT2D eigenvalue weighted by Gasteiger charge is 2.27. The number of carboxylic acids is 1. The summed E-state index contributed by atoms with van der Waals surface area (Å²) in [4.78, 5) is 11.2. The topological polar surface area (TPSA) is 74.7 Å². The maximum atomic E-state index is 12.8. The molecule has 2 aromatic rings. The number of benzene rings is 2. The Hall–Kier alpha value is -2.05. The Bertz CT molecular complexity index is 815. The minimum Gasteiger partial charge on any atom is -0.480 e.